The summed E-state index contributed by atoms with van der Waals surface area (Å²) in [6.07, 6.45) is 0. The van der Waals surface area contributed by atoms with Gasteiger partial charge in [0.2, 0.25) is 64.0 Å². The molecule has 4 heterocycles. The normalized spacial score (nSPS) is 33.7. The van der Waals surface area contributed by atoms with Gasteiger partial charge in [0.1, 0.15) is 0 Å². The van der Waals surface area contributed by atoms with E-state index >= 15 is 0 Å². The third kappa shape index (κ3) is 24.5. The van der Waals surface area contributed by atoms with E-state index in [1.165, 1.54) is 0 Å². The van der Waals surface area contributed by atoms with Crippen LogP contribution in [0.1, 0.15) is 0 Å². The minimum Gasteiger partial charge on any atom is -0.416 e. The van der Waals surface area contributed by atoms with Crippen molar-refractivity contribution in [3.05, 3.63) is 0 Å². The molecule has 4 aliphatic rings. The van der Waals surface area contributed by atoms with Gasteiger partial charge in [0, 0.05) is 42.3 Å². The molecule has 0 aromatic carbocycles. The Balaban J connectivity index is 2.33. The Morgan fingerprint density at radius 1 is 0.319 bits per heavy atom. The van der Waals surface area contributed by atoms with E-state index in [0.717, 1.165) is 0 Å². The first-order chi connectivity index (χ1) is 30.7. The van der Waals surface area contributed by atoms with Gasteiger partial charge in [-0.3, -0.25) is 0 Å². The van der Waals surface area contributed by atoms with Crippen LogP contribution >= 0.6 is 177 Å². The van der Waals surface area contributed by atoms with Gasteiger partial charge in [-0.25, -0.2) is 0 Å². The van der Waals surface area contributed by atoms with E-state index in [-0.39, 0.29) is 90.7 Å². The largest absolute Gasteiger partial charge is 0.478 e. The lowest BCUT2D eigenvalue weighted by atomic mass is 10.9. The molecule has 0 aromatic heterocycles. The van der Waals surface area contributed by atoms with Crippen LogP contribution in [0.4, 0.5) is 0 Å². The maximum atomic E-state index is 7.72. The van der Waals surface area contributed by atoms with Gasteiger partial charge >= 0.3 is 70.9 Å². The van der Waals surface area contributed by atoms with Gasteiger partial charge in [0.25, 0.3) is 0 Å². The van der Waals surface area contributed by atoms with Crippen LogP contribution in [0, 0.1) is 0 Å². The van der Waals surface area contributed by atoms with Crippen molar-refractivity contribution < 1.29 is 49.4 Å². The van der Waals surface area contributed by atoms with E-state index in [0.29, 0.717) is 6.04 Å². The topological polar surface area (TPSA) is 111 Å². The molecule has 0 saturated carbocycles. The fourth-order valence-electron chi connectivity index (χ4n) is 7.04. The van der Waals surface area contributed by atoms with Crippen molar-refractivity contribution in [3.8, 4) is 0 Å². The molecule has 0 spiro atoms. The Morgan fingerprint density at radius 2 is 0.522 bits per heavy atom. The minimum atomic E-state index is -4.66. The van der Waals surface area contributed by atoms with Gasteiger partial charge in [0.15, 0.2) is 0 Å². The Bertz CT molecular complexity index is 1650. The van der Waals surface area contributed by atoms with E-state index < -0.39 is 124 Å². The molecule has 4 radical (unpaired) electrons. The van der Waals surface area contributed by atoms with Gasteiger partial charge in [-0.2, -0.15) is 0 Å². The average molecular weight is 1580 g/mol. The molecule has 404 valence electrons. The lowest BCUT2D eigenvalue weighted by Crippen LogP contribution is -2.84. The lowest BCUT2D eigenvalue weighted by Gasteiger charge is -2.60. The quantitative estimate of drug-likeness (QED) is 0.0641. The second-order valence-corrected chi connectivity index (χ2v) is 109. The Labute approximate surface area is 503 Å². The van der Waals surface area contributed by atoms with E-state index in [2.05, 4.69) is 10.5 Å². The monoisotopic (exact) mass is 1570 g/mol. The van der Waals surface area contributed by atoms with E-state index in [4.69, 9.17) is 227 Å². The fraction of sp³-hybridized carbons (Fsp3) is 1.00. The molecular formula is C24H56Cl16O12Si17. The van der Waals surface area contributed by atoms with Gasteiger partial charge in [-0.1, -0.05) is 0 Å². The third-order valence-corrected chi connectivity index (χ3v) is 67.1. The number of halogens is 16. The molecular weight excluding hydrogens is 1520 g/mol. The first kappa shape index (κ1) is 69.3. The zero-order valence-electron chi connectivity index (χ0n) is 38.8. The second kappa shape index (κ2) is 25.6. The van der Waals surface area contributed by atoms with E-state index in [1.807, 2.05) is 0 Å². The zero-order valence-corrected chi connectivity index (χ0v) is 67.9. The van der Waals surface area contributed by atoms with Crippen LogP contribution in [0.15, 0.2) is 0 Å². The van der Waals surface area contributed by atoms with Crippen LogP contribution < -0.4 is 0 Å². The van der Waals surface area contributed by atoms with Crippen molar-refractivity contribution >= 4 is 312 Å². The molecule has 4 unspecified atom stereocenters. The highest BCUT2D eigenvalue weighted by atomic mass is 35.7. The minimum absolute atomic E-state index is 0.00190. The number of fused-ring (bicyclic) bond motifs is 4. The molecule has 4 fully saturated rings. The summed E-state index contributed by atoms with van der Waals surface area (Å²) in [5.41, 5.74) is 0. The summed E-state index contributed by atoms with van der Waals surface area (Å²) in [7, 11) is -31.3. The predicted octanol–water partition coefficient (Wildman–Crippen LogP) is 15.8. The smallest absolute Gasteiger partial charge is 0.416 e. The molecule has 4 saturated heterocycles. The van der Waals surface area contributed by atoms with Crippen LogP contribution in [-0.4, -0.2) is 135 Å². The van der Waals surface area contributed by atoms with Crippen molar-refractivity contribution in [1.82, 2.24) is 0 Å². The molecule has 69 heavy (non-hydrogen) atoms. The Hall–Kier alpha value is 7.85. The number of hydrogen-bond donors (Lipinski definition) is 0. The summed E-state index contributed by atoms with van der Waals surface area (Å²) in [5.74, 6) is 0. The molecule has 0 N–H and O–H groups in total. The highest BCUT2D eigenvalue weighted by molar-refractivity contribution is 7.48. The third-order valence-electron chi connectivity index (χ3n) is 10.4. The summed E-state index contributed by atoms with van der Waals surface area (Å²) >= 11 is 111. The Morgan fingerprint density at radius 3 is 0.754 bits per heavy atom. The van der Waals surface area contributed by atoms with Crippen LogP contribution in [-0.2, 0) is 49.4 Å². The number of rotatable bonds is 25. The average Bonchev–Trinajstić information content (AvgIpc) is 3.10. The van der Waals surface area contributed by atoms with Crippen molar-refractivity contribution in [2.45, 2.75) is 149 Å². The van der Waals surface area contributed by atoms with Gasteiger partial charge in [0.05, 0.1) is 0 Å². The van der Waals surface area contributed by atoms with Crippen LogP contribution in [0.3, 0.4) is 0 Å². The molecule has 6 bridgehead atoms. The van der Waals surface area contributed by atoms with Gasteiger partial charge in [-0.05, 0) is 107 Å². The van der Waals surface area contributed by atoms with Gasteiger partial charge in [-0.15, -0.1) is 177 Å². The van der Waals surface area contributed by atoms with Crippen LogP contribution in [0.2, 0.25) is 149 Å². The van der Waals surface area contributed by atoms with Crippen LogP contribution in [0.5, 0.6) is 0 Å². The van der Waals surface area contributed by atoms with Crippen molar-refractivity contribution in [2.24, 2.45) is 0 Å². The van der Waals surface area contributed by atoms with E-state index in [1.54, 1.807) is 52.4 Å². The summed E-state index contributed by atoms with van der Waals surface area (Å²) < 4.78 is 90.4. The summed E-state index contributed by atoms with van der Waals surface area (Å²) in [4.78, 5) is 0. The lowest BCUT2D eigenvalue weighted by molar-refractivity contribution is 0.00416. The van der Waals surface area contributed by atoms with Crippen molar-refractivity contribution in [1.29, 1.82) is 0 Å². The van der Waals surface area contributed by atoms with Gasteiger partial charge < -0.3 is 49.4 Å². The van der Waals surface area contributed by atoms with Crippen molar-refractivity contribution in [2.75, 3.05) is 0 Å². The molecule has 4 aliphatic heterocycles. The highest BCUT2D eigenvalue weighted by Gasteiger charge is 2.79. The summed E-state index contributed by atoms with van der Waals surface area (Å²) in [6.45, 7) is -9.93. The summed E-state index contributed by atoms with van der Waals surface area (Å²) in [6, 6.07) is 1.66. The predicted molar refractivity (Wildman–Crippen MR) is 328 cm³/mol. The SMILES string of the molecule is C[Si](Cl)(Cl)CC[Si]1O[Si]2(CC[Si](C)(Cl)Cl)O[Si]3(CC[Si](C)(Cl)Cl)O[Si](CC[Si](C)(Cl)Cl)(O[Si])O[Si]4(CC[Si](C)(Cl)Cl)O[Si](CC[Si](C)(Cl)Cl)(O1)O[Si](CC[Si](C)(Cl)Cl)(O2)O[Si](CC[Si](C)(Cl)Cl)(O3)O4. The first-order valence-electron chi connectivity index (χ1n) is 21.6. The molecule has 0 amide bonds. The van der Waals surface area contributed by atoms with E-state index in [9.17, 15) is 0 Å². The Kier molecular flexibility index (Phi) is 25.7. The molecule has 12 nitrogen and oxygen atoms in total. The highest BCUT2D eigenvalue weighted by Crippen LogP contribution is 2.54. The maximum Gasteiger partial charge on any atom is 0.478 e. The second-order valence-electron chi connectivity index (χ2n) is 18.9. The maximum absolute atomic E-state index is 7.72. The first-order valence-corrected chi connectivity index (χ1v) is 74.9. The fourth-order valence-corrected chi connectivity index (χ4v) is 85.2. The molecule has 0 aliphatic carbocycles. The molecule has 4 rings (SSSR count). The zero-order chi connectivity index (χ0) is 52.9. The van der Waals surface area contributed by atoms with Crippen LogP contribution in [0.25, 0.3) is 0 Å². The standard InChI is InChI=1S/C24H56Cl16O12Si17/c1-55(25,26)10-9-54-42-64(19-12-57(3,29)30)46-66(21-14-59(5,33)34)44-63(41-53,18-11-56(2,27)28)45-67(22-15-60(6,35)36)47-65(43-54,20-13-58(4,31)32)49-68(48-64,23-16-61(7,37)38)52-69(50-66,51-67)24-17-62(8,39)40/h9-24H2,1-8H3. The molecule has 4 atom stereocenters. The molecule has 0 aromatic rings. The molecule has 45 heteroatoms. The number of hydrogen-bond acceptors (Lipinski definition) is 12. The summed E-state index contributed by atoms with van der Waals surface area (Å²) in [5, 5.41) is 0. The van der Waals surface area contributed by atoms with Crippen molar-refractivity contribution in [3.63, 3.8) is 0 Å².